The quantitative estimate of drug-likeness (QED) is 0.197. The molecule has 1 aliphatic heterocycles. The largest absolute Gasteiger partial charge is 0.507 e. The number of aromatic nitrogens is 2. The highest BCUT2D eigenvalue weighted by molar-refractivity contribution is 7.22. The highest BCUT2D eigenvalue weighted by atomic mass is 32.1. The van der Waals surface area contributed by atoms with E-state index in [0.29, 0.717) is 27.3 Å². The van der Waals surface area contributed by atoms with Crippen molar-refractivity contribution in [3.8, 4) is 0 Å². The summed E-state index contributed by atoms with van der Waals surface area (Å²) in [4.78, 5) is 48.3. The summed E-state index contributed by atoms with van der Waals surface area (Å²) in [6, 6.07) is 14.3. The lowest BCUT2D eigenvalue weighted by molar-refractivity contribution is -0.132. The van der Waals surface area contributed by atoms with E-state index in [9.17, 15) is 19.5 Å². The standard InChI is InChI=1S/C26H19N3O5S/c1-14-3-8-18-19(13-14)35-26(28-18)29-21(15-4-6-17(7-5-15)25(33)34-2)20(23(31)24(29)32)22(30)16-9-11-27-12-10-16/h3-13,21,30H,1-2H3. The van der Waals surface area contributed by atoms with Gasteiger partial charge in [0.2, 0.25) is 0 Å². The van der Waals surface area contributed by atoms with E-state index < -0.39 is 23.7 Å². The molecule has 9 heteroatoms. The minimum atomic E-state index is -0.948. The number of carbonyl (C=O) groups is 3. The van der Waals surface area contributed by atoms with E-state index in [1.165, 1.54) is 35.7 Å². The molecule has 35 heavy (non-hydrogen) atoms. The number of thiazole rings is 1. The van der Waals surface area contributed by atoms with Gasteiger partial charge in [0.15, 0.2) is 5.13 Å². The maximum atomic E-state index is 13.3. The van der Waals surface area contributed by atoms with Gasteiger partial charge in [-0.05, 0) is 54.4 Å². The normalized spacial score (nSPS) is 17.2. The molecule has 1 fully saturated rings. The van der Waals surface area contributed by atoms with Crippen LogP contribution in [0.1, 0.15) is 33.1 Å². The van der Waals surface area contributed by atoms with Crippen molar-refractivity contribution in [1.29, 1.82) is 0 Å². The zero-order chi connectivity index (χ0) is 24.7. The molecule has 1 atom stereocenters. The van der Waals surface area contributed by atoms with Crippen LogP contribution < -0.4 is 4.90 Å². The lowest BCUT2D eigenvalue weighted by Gasteiger charge is -2.23. The van der Waals surface area contributed by atoms with E-state index in [1.807, 2.05) is 25.1 Å². The number of hydrogen-bond acceptors (Lipinski definition) is 8. The molecule has 2 aromatic carbocycles. The van der Waals surface area contributed by atoms with Gasteiger partial charge in [0.1, 0.15) is 5.76 Å². The van der Waals surface area contributed by atoms with E-state index >= 15 is 0 Å². The smallest absolute Gasteiger partial charge is 0.337 e. The molecule has 1 N–H and O–H groups in total. The Morgan fingerprint density at radius 1 is 1.03 bits per heavy atom. The number of anilines is 1. The van der Waals surface area contributed by atoms with Crippen molar-refractivity contribution in [3.63, 3.8) is 0 Å². The van der Waals surface area contributed by atoms with Crippen molar-refractivity contribution in [2.75, 3.05) is 12.0 Å². The number of nitrogens with zero attached hydrogens (tertiary/aromatic N) is 3. The Bertz CT molecular complexity index is 1510. The number of ether oxygens (including phenoxy) is 1. The van der Waals surface area contributed by atoms with Crippen LogP contribution >= 0.6 is 11.3 Å². The number of ketones is 1. The highest BCUT2D eigenvalue weighted by Gasteiger charge is 2.48. The van der Waals surface area contributed by atoms with Gasteiger partial charge in [0.05, 0.1) is 34.5 Å². The molecular weight excluding hydrogens is 466 g/mol. The molecule has 0 spiro atoms. The van der Waals surface area contributed by atoms with Gasteiger partial charge in [0.25, 0.3) is 5.78 Å². The Balaban J connectivity index is 1.71. The minimum absolute atomic E-state index is 0.0672. The van der Waals surface area contributed by atoms with Crippen LogP contribution in [0.15, 0.2) is 72.6 Å². The Hall–Kier alpha value is -4.37. The molecule has 0 aliphatic carbocycles. The molecular formula is C26H19N3O5S. The van der Waals surface area contributed by atoms with Gasteiger partial charge in [-0.2, -0.15) is 0 Å². The molecule has 1 saturated heterocycles. The van der Waals surface area contributed by atoms with Gasteiger partial charge in [-0.3, -0.25) is 19.5 Å². The van der Waals surface area contributed by atoms with Gasteiger partial charge in [0, 0.05) is 18.0 Å². The molecule has 0 radical (unpaired) electrons. The molecule has 4 aromatic rings. The van der Waals surface area contributed by atoms with E-state index in [0.717, 1.165) is 10.3 Å². The summed E-state index contributed by atoms with van der Waals surface area (Å²) in [7, 11) is 1.29. The predicted octanol–water partition coefficient (Wildman–Crippen LogP) is 4.41. The Labute approximate surface area is 204 Å². The Morgan fingerprint density at radius 3 is 2.43 bits per heavy atom. The van der Waals surface area contributed by atoms with Gasteiger partial charge in [-0.1, -0.05) is 29.5 Å². The number of aliphatic hydroxyl groups is 1. The Morgan fingerprint density at radius 2 is 1.74 bits per heavy atom. The average Bonchev–Trinajstić information content (AvgIpc) is 3.41. The molecule has 2 aromatic heterocycles. The van der Waals surface area contributed by atoms with Crippen molar-refractivity contribution >= 4 is 50.1 Å². The number of methoxy groups -OCH3 is 1. The second-order valence-electron chi connectivity index (χ2n) is 7.99. The molecule has 0 bridgehead atoms. The summed E-state index contributed by atoms with van der Waals surface area (Å²) in [5.41, 5.74) is 2.88. The highest BCUT2D eigenvalue weighted by Crippen LogP contribution is 2.44. The van der Waals surface area contributed by atoms with Crippen molar-refractivity contribution in [2.24, 2.45) is 0 Å². The summed E-state index contributed by atoms with van der Waals surface area (Å²) in [5.74, 6) is -2.44. The molecule has 5 rings (SSSR count). The van der Waals surface area contributed by atoms with Crippen LogP contribution in [0.2, 0.25) is 0 Å². The van der Waals surface area contributed by atoms with E-state index in [1.54, 1.807) is 36.4 Å². The van der Waals surface area contributed by atoms with E-state index in [2.05, 4.69) is 9.97 Å². The molecule has 174 valence electrons. The number of amides is 1. The number of pyridine rings is 1. The number of carbonyl (C=O) groups excluding carboxylic acids is 3. The van der Waals surface area contributed by atoms with Gasteiger partial charge in [-0.15, -0.1) is 0 Å². The van der Waals surface area contributed by atoms with Gasteiger partial charge >= 0.3 is 11.9 Å². The van der Waals surface area contributed by atoms with Crippen LogP contribution in [0.5, 0.6) is 0 Å². The monoisotopic (exact) mass is 485 g/mol. The molecule has 1 aliphatic rings. The first kappa shape index (κ1) is 22.4. The third-order valence-electron chi connectivity index (χ3n) is 5.78. The van der Waals surface area contributed by atoms with Crippen LogP contribution in [0.4, 0.5) is 5.13 Å². The number of benzene rings is 2. The number of aliphatic hydroxyl groups excluding tert-OH is 1. The maximum Gasteiger partial charge on any atom is 0.337 e. The molecule has 1 amide bonds. The molecule has 3 heterocycles. The van der Waals surface area contributed by atoms with E-state index in [4.69, 9.17) is 4.74 Å². The predicted molar refractivity (Wildman–Crippen MR) is 131 cm³/mol. The van der Waals surface area contributed by atoms with Gasteiger partial charge in [-0.25, -0.2) is 9.78 Å². The van der Waals surface area contributed by atoms with Crippen LogP contribution in [-0.4, -0.2) is 39.8 Å². The number of rotatable bonds is 4. The second kappa shape index (κ2) is 8.77. The fourth-order valence-electron chi connectivity index (χ4n) is 4.05. The number of fused-ring (bicyclic) bond motifs is 1. The van der Waals surface area contributed by atoms with Crippen LogP contribution in [-0.2, 0) is 14.3 Å². The first-order valence-electron chi connectivity index (χ1n) is 10.7. The van der Waals surface area contributed by atoms with Gasteiger partial charge < -0.3 is 9.84 Å². The minimum Gasteiger partial charge on any atom is -0.507 e. The SMILES string of the molecule is COC(=O)c1ccc(C2C(=C(O)c3ccncc3)C(=O)C(=O)N2c2nc3ccc(C)cc3s2)cc1. The van der Waals surface area contributed by atoms with Crippen molar-refractivity contribution < 1.29 is 24.2 Å². The maximum absolute atomic E-state index is 13.3. The lowest BCUT2D eigenvalue weighted by atomic mass is 9.95. The number of aryl methyl sites for hydroxylation is 1. The summed E-state index contributed by atoms with van der Waals surface area (Å²) in [5, 5.41) is 11.5. The number of Topliss-reactive ketones (excluding diaryl/α,β-unsaturated/α-hetero) is 1. The third kappa shape index (κ3) is 3.85. The lowest BCUT2D eigenvalue weighted by Crippen LogP contribution is -2.29. The zero-order valence-corrected chi connectivity index (χ0v) is 19.6. The fourth-order valence-corrected chi connectivity index (χ4v) is 5.14. The molecule has 0 saturated carbocycles. The summed E-state index contributed by atoms with van der Waals surface area (Å²) in [6.45, 7) is 1.96. The molecule has 1 unspecified atom stereocenters. The summed E-state index contributed by atoms with van der Waals surface area (Å²) < 4.78 is 5.64. The van der Waals surface area contributed by atoms with E-state index in [-0.39, 0.29) is 11.3 Å². The zero-order valence-electron chi connectivity index (χ0n) is 18.8. The third-order valence-corrected chi connectivity index (χ3v) is 6.80. The van der Waals surface area contributed by atoms with Crippen LogP contribution in [0, 0.1) is 6.92 Å². The van der Waals surface area contributed by atoms with Crippen LogP contribution in [0.25, 0.3) is 16.0 Å². The first-order valence-corrected chi connectivity index (χ1v) is 11.5. The van der Waals surface area contributed by atoms with Crippen LogP contribution in [0.3, 0.4) is 0 Å². The first-order chi connectivity index (χ1) is 16.9. The number of esters is 1. The van der Waals surface area contributed by atoms with Crippen molar-refractivity contribution in [1.82, 2.24) is 9.97 Å². The average molecular weight is 486 g/mol. The molecule has 8 nitrogen and oxygen atoms in total. The Kier molecular flexibility index (Phi) is 5.62. The summed E-state index contributed by atoms with van der Waals surface area (Å²) >= 11 is 1.29. The second-order valence-corrected chi connectivity index (χ2v) is 9.00. The van der Waals surface area contributed by atoms with Crippen molar-refractivity contribution in [2.45, 2.75) is 13.0 Å². The van der Waals surface area contributed by atoms with Crippen molar-refractivity contribution in [3.05, 3.63) is 94.8 Å². The topological polar surface area (TPSA) is 110 Å². The number of hydrogen-bond donors (Lipinski definition) is 1. The fraction of sp³-hybridized carbons (Fsp3) is 0.115. The summed E-state index contributed by atoms with van der Waals surface area (Å²) in [6.07, 6.45) is 2.97.